The fraction of sp³-hybridized carbons (Fsp3) is 0.259. The number of aliphatic hydroxyl groups is 1. The van der Waals surface area contributed by atoms with Crippen LogP contribution in [0.2, 0.25) is 0 Å². The van der Waals surface area contributed by atoms with E-state index in [1.165, 1.54) is 6.07 Å². The van der Waals surface area contributed by atoms with Crippen LogP contribution in [0.3, 0.4) is 0 Å². The van der Waals surface area contributed by atoms with Gasteiger partial charge in [-0.25, -0.2) is 13.4 Å². The van der Waals surface area contributed by atoms with Gasteiger partial charge in [0.25, 0.3) is 0 Å². The third-order valence-electron chi connectivity index (χ3n) is 6.34. The van der Waals surface area contributed by atoms with E-state index in [1.54, 1.807) is 36.4 Å². The number of benzene rings is 2. The highest BCUT2D eigenvalue weighted by Gasteiger charge is 2.23. The predicted octanol–water partition coefficient (Wildman–Crippen LogP) is 4.69. The van der Waals surface area contributed by atoms with E-state index in [0.29, 0.717) is 36.7 Å². The van der Waals surface area contributed by atoms with Crippen molar-refractivity contribution < 1.29 is 13.5 Å². The van der Waals surface area contributed by atoms with Crippen molar-refractivity contribution in [3.05, 3.63) is 90.1 Å². The normalized spacial score (nSPS) is 18.0. The van der Waals surface area contributed by atoms with Crippen molar-refractivity contribution in [3.63, 3.8) is 0 Å². The van der Waals surface area contributed by atoms with Crippen LogP contribution < -0.4 is 10.6 Å². The summed E-state index contributed by atoms with van der Waals surface area (Å²) in [6, 6.07) is 23.6. The summed E-state index contributed by atoms with van der Waals surface area (Å²) in [4.78, 5) is 5.00. The average molecular weight is 504 g/mol. The van der Waals surface area contributed by atoms with Crippen molar-refractivity contribution in [1.29, 1.82) is 0 Å². The largest absolute Gasteiger partial charge is 0.393 e. The number of hydrogen-bond acceptors (Lipinski definition) is 7. The Morgan fingerprint density at radius 1 is 0.833 bits per heavy atom. The Balaban J connectivity index is 1.42. The van der Waals surface area contributed by atoms with Crippen LogP contribution in [0, 0.1) is 0 Å². The molecular weight excluding hydrogens is 474 g/mol. The van der Waals surface area contributed by atoms with Gasteiger partial charge in [0.2, 0.25) is 9.84 Å². The van der Waals surface area contributed by atoms with Crippen LogP contribution in [0.25, 0.3) is 0 Å². The molecule has 9 heteroatoms. The Kier molecular flexibility index (Phi) is 7.02. The number of anilines is 3. The van der Waals surface area contributed by atoms with Gasteiger partial charge in [0.05, 0.1) is 15.9 Å². The molecule has 36 heavy (non-hydrogen) atoms. The molecule has 1 aliphatic carbocycles. The molecule has 2 aromatic heterocycles. The first-order valence-electron chi connectivity index (χ1n) is 12.1. The maximum Gasteiger partial charge on any atom is 0.206 e. The smallest absolute Gasteiger partial charge is 0.206 e. The summed E-state index contributed by atoms with van der Waals surface area (Å²) in [5.74, 6) is 1.40. The molecule has 0 spiro atoms. The second kappa shape index (κ2) is 10.5. The first-order chi connectivity index (χ1) is 17.5. The molecule has 1 saturated carbocycles. The molecule has 1 fully saturated rings. The van der Waals surface area contributed by atoms with Gasteiger partial charge in [-0.1, -0.05) is 48.5 Å². The van der Waals surface area contributed by atoms with Crippen molar-refractivity contribution in [2.24, 2.45) is 0 Å². The highest BCUT2D eigenvalue weighted by Crippen LogP contribution is 2.28. The molecule has 4 aromatic rings. The van der Waals surface area contributed by atoms with Crippen molar-refractivity contribution in [2.75, 3.05) is 10.6 Å². The minimum absolute atomic E-state index is 0.117. The number of aromatic nitrogens is 3. The Labute approximate surface area is 210 Å². The minimum Gasteiger partial charge on any atom is -0.393 e. The Morgan fingerprint density at radius 2 is 1.50 bits per heavy atom. The first kappa shape index (κ1) is 24.0. The molecule has 186 valence electrons. The zero-order valence-corrected chi connectivity index (χ0v) is 20.6. The number of nitrogens with zero attached hydrogens (tertiary/aromatic N) is 2. The number of aromatic amines is 1. The van der Waals surface area contributed by atoms with Gasteiger partial charge < -0.3 is 15.7 Å². The van der Waals surface area contributed by atoms with Crippen molar-refractivity contribution in [2.45, 2.75) is 54.0 Å². The molecule has 0 amide bonds. The fourth-order valence-corrected chi connectivity index (χ4v) is 5.75. The Hall–Kier alpha value is -3.69. The van der Waals surface area contributed by atoms with Crippen LogP contribution in [0.15, 0.2) is 88.7 Å². The summed E-state index contributed by atoms with van der Waals surface area (Å²) in [6.45, 7) is 0. The van der Waals surface area contributed by atoms with Gasteiger partial charge in [-0.3, -0.25) is 5.10 Å². The van der Waals surface area contributed by atoms with E-state index in [2.05, 4.69) is 37.9 Å². The quantitative estimate of drug-likeness (QED) is 0.275. The fourth-order valence-electron chi connectivity index (χ4n) is 4.43. The maximum atomic E-state index is 13.4. The van der Waals surface area contributed by atoms with Gasteiger partial charge in [0, 0.05) is 30.3 Å². The monoisotopic (exact) mass is 503 g/mol. The number of aliphatic hydroxyl groups excluding tert-OH is 1. The lowest BCUT2D eigenvalue weighted by Crippen LogP contribution is -2.28. The predicted molar refractivity (Wildman–Crippen MR) is 139 cm³/mol. The SMILES string of the molecule is O=S(=O)(c1ccccc1)c1cc(Nc2cc(Cc3ccccc3)[nH]n2)nc(N[C@H]2CC[C@H](O)CC2)c1. The second-order valence-electron chi connectivity index (χ2n) is 9.11. The number of H-pyrrole nitrogens is 1. The molecule has 2 aromatic carbocycles. The molecule has 0 aliphatic heterocycles. The van der Waals surface area contributed by atoms with E-state index in [9.17, 15) is 13.5 Å². The lowest BCUT2D eigenvalue weighted by atomic mass is 9.93. The lowest BCUT2D eigenvalue weighted by Gasteiger charge is -2.26. The topological polar surface area (TPSA) is 120 Å². The van der Waals surface area contributed by atoms with E-state index in [1.807, 2.05) is 24.3 Å². The number of nitrogens with one attached hydrogen (secondary N) is 3. The molecule has 8 nitrogen and oxygen atoms in total. The maximum absolute atomic E-state index is 13.4. The lowest BCUT2D eigenvalue weighted by molar-refractivity contribution is 0.126. The van der Waals surface area contributed by atoms with Crippen molar-refractivity contribution >= 4 is 27.3 Å². The Morgan fingerprint density at radius 3 is 2.22 bits per heavy atom. The molecule has 1 aliphatic rings. The highest BCUT2D eigenvalue weighted by molar-refractivity contribution is 7.91. The van der Waals surface area contributed by atoms with Crippen LogP contribution in [-0.4, -0.2) is 40.9 Å². The van der Waals surface area contributed by atoms with Crippen LogP contribution in [0.5, 0.6) is 0 Å². The Bertz CT molecular complexity index is 1400. The molecule has 2 heterocycles. The summed E-state index contributed by atoms with van der Waals surface area (Å²) in [5, 5.41) is 23.7. The summed E-state index contributed by atoms with van der Waals surface area (Å²) < 4.78 is 26.8. The van der Waals surface area contributed by atoms with Crippen molar-refractivity contribution in [3.8, 4) is 0 Å². The van der Waals surface area contributed by atoms with Gasteiger partial charge >= 0.3 is 0 Å². The van der Waals surface area contributed by atoms with E-state index in [-0.39, 0.29) is 21.9 Å². The van der Waals surface area contributed by atoms with Crippen LogP contribution in [-0.2, 0) is 16.3 Å². The van der Waals surface area contributed by atoms with Gasteiger partial charge in [-0.05, 0) is 49.4 Å². The zero-order valence-electron chi connectivity index (χ0n) is 19.8. The first-order valence-corrected chi connectivity index (χ1v) is 13.6. The van der Waals surface area contributed by atoms with E-state index >= 15 is 0 Å². The summed E-state index contributed by atoms with van der Waals surface area (Å²) >= 11 is 0. The molecule has 0 unspecified atom stereocenters. The summed E-state index contributed by atoms with van der Waals surface area (Å²) in [5.41, 5.74) is 2.08. The molecule has 0 bridgehead atoms. The third kappa shape index (κ3) is 5.75. The average Bonchev–Trinajstić information content (AvgIpc) is 3.33. The van der Waals surface area contributed by atoms with Gasteiger partial charge in [0.15, 0.2) is 5.82 Å². The van der Waals surface area contributed by atoms with Crippen LogP contribution >= 0.6 is 0 Å². The van der Waals surface area contributed by atoms with Crippen molar-refractivity contribution in [1.82, 2.24) is 15.2 Å². The van der Waals surface area contributed by atoms with E-state index in [0.717, 1.165) is 24.1 Å². The molecule has 5 rings (SSSR count). The number of pyridine rings is 1. The molecule has 0 radical (unpaired) electrons. The van der Waals surface area contributed by atoms with E-state index in [4.69, 9.17) is 0 Å². The number of hydrogen-bond donors (Lipinski definition) is 4. The van der Waals surface area contributed by atoms with Crippen LogP contribution in [0.1, 0.15) is 36.9 Å². The zero-order chi connectivity index (χ0) is 25.0. The minimum atomic E-state index is -3.75. The van der Waals surface area contributed by atoms with Gasteiger partial charge in [-0.15, -0.1) is 0 Å². The second-order valence-corrected chi connectivity index (χ2v) is 11.1. The number of rotatable bonds is 8. The third-order valence-corrected chi connectivity index (χ3v) is 8.08. The number of sulfone groups is 1. The van der Waals surface area contributed by atoms with E-state index < -0.39 is 9.84 Å². The molecule has 0 atom stereocenters. The molecule has 4 N–H and O–H groups in total. The highest BCUT2D eigenvalue weighted by atomic mass is 32.2. The van der Waals surface area contributed by atoms with Gasteiger partial charge in [0.1, 0.15) is 11.6 Å². The summed E-state index contributed by atoms with van der Waals surface area (Å²) in [7, 11) is -3.75. The molecular formula is C27H29N5O3S. The standard InChI is InChI=1S/C27H29N5O3S/c33-22-13-11-20(12-14-22)28-25-17-24(36(34,35)23-9-5-2-6-10-23)18-26(29-25)30-27-16-21(31-32-27)15-19-7-3-1-4-8-19/h1-10,16-18,20,22,33H,11-15H2,(H3,28,29,30,31,32)/t20-,22-. The van der Waals surface area contributed by atoms with Crippen LogP contribution in [0.4, 0.5) is 17.5 Å². The molecule has 0 saturated heterocycles. The van der Waals surface area contributed by atoms with Gasteiger partial charge in [-0.2, -0.15) is 5.10 Å². The summed E-state index contributed by atoms with van der Waals surface area (Å²) in [6.07, 6.45) is 3.44.